The van der Waals surface area contributed by atoms with Crippen LogP contribution in [0, 0.1) is 17.6 Å². The van der Waals surface area contributed by atoms with Crippen LogP contribution in [0.1, 0.15) is 25.3 Å². The molecule has 1 unspecified atom stereocenters. The van der Waals surface area contributed by atoms with Gasteiger partial charge in [0, 0.05) is 23.0 Å². The van der Waals surface area contributed by atoms with Gasteiger partial charge in [0.25, 0.3) is 0 Å². The summed E-state index contributed by atoms with van der Waals surface area (Å²) in [5, 5.41) is 0. The first-order chi connectivity index (χ1) is 8.56. The smallest absolute Gasteiger partial charge is 0.130 e. The van der Waals surface area contributed by atoms with E-state index in [1.165, 1.54) is 6.07 Å². The third-order valence-corrected chi connectivity index (χ3v) is 4.44. The molecule has 100 valence electrons. The number of alkyl halides is 1. The Morgan fingerprint density at radius 2 is 2.00 bits per heavy atom. The van der Waals surface area contributed by atoms with Crippen molar-refractivity contribution in [3.05, 3.63) is 35.4 Å². The van der Waals surface area contributed by atoms with Crippen LogP contribution in [0.5, 0.6) is 0 Å². The molecule has 1 atom stereocenters. The van der Waals surface area contributed by atoms with Gasteiger partial charge in [0.05, 0.1) is 0 Å². The summed E-state index contributed by atoms with van der Waals surface area (Å²) in [5.41, 5.74) is 0.585. The number of hydrogen-bond acceptors (Lipinski definition) is 1. The first kappa shape index (κ1) is 13.9. The van der Waals surface area contributed by atoms with E-state index < -0.39 is 11.6 Å². The molecule has 0 aliphatic carbocycles. The zero-order valence-electron chi connectivity index (χ0n) is 10.5. The maximum atomic E-state index is 13.5. The van der Waals surface area contributed by atoms with Crippen LogP contribution in [0.2, 0.25) is 0 Å². The minimum atomic E-state index is -0.511. The second kappa shape index (κ2) is 6.11. The highest BCUT2D eigenvalue weighted by atomic mass is 79.9. The molecule has 2 rings (SSSR count). The molecule has 1 aliphatic rings. The maximum Gasteiger partial charge on any atom is 0.130 e. The van der Waals surface area contributed by atoms with E-state index in [-0.39, 0.29) is 0 Å². The molecule has 1 nitrogen and oxygen atoms in total. The summed E-state index contributed by atoms with van der Waals surface area (Å²) in [6.45, 7) is 4.73. The first-order valence-corrected chi connectivity index (χ1v) is 7.28. The van der Waals surface area contributed by atoms with Crippen molar-refractivity contribution < 1.29 is 8.78 Å². The quantitative estimate of drug-likeness (QED) is 0.763. The van der Waals surface area contributed by atoms with Crippen molar-refractivity contribution in [1.82, 2.24) is 4.90 Å². The molecule has 1 saturated heterocycles. The van der Waals surface area contributed by atoms with Crippen molar-refractivity contribution >= 4 is 15.9 Å². The molecule has 1 aromatic rings. The van der Waals surface area contributed by atoms with Gasteiger partial charge in [0.2, 0.25) is 0 Å². The summed E-state index contributed by atoms with van der Waals surface area (Å²) in [6, 6.07) is 3.83. The molecular formula is C14H18BrF2N. The van der Waals surface area contributed by atoms with E-state index >= 15 is 0 Å². The van der Waals surface area contributed by atoms with Gasteiger partial charge in [-0.1, -0.05) is 28.9 Å². The lowest BCUT2D eigenvalue weighted by Crippen LogP contribution is -2.35. The first-order valence-electron chi connectivity index (χ1n) is 6.36. The fourth-order valence-corrected chi connectivity index (χ4v) is 2.99. The van der Waals surface area contributed by atoms with Crippen molar-refractivity contribution in [2.24, 2.45) is 5.92 Å². The monoisotopic (exact) mass is 317 g/mol. The molecule has 0 amide bonds. The van der Waals surface area contributed by atoms with E-state index in [0.717, 1.165) is 32.0 Å². The number of likely N-dealkylation sites (tertiary alicyclic amines) is 1. The summed E-state index contributed by atoms with van der Waals surface area (Å²) in [5.74, 6) is -0.242. The molecule has 0 N–H and O–H groups in total. The number of benzene rings is 1. The highest BCUT2D eigenvalue weighted by molar-refractivity contribution is 9.09. The predicted molar refractivity (Wildman–Crippen MR) is 72.7 cm³/mol. The minimum absolute atomic E-state index is 0.439. The zero-order valence-corrected chi connectivity index (χ0v) is 12.1. The van der Waals surface area contributed by atoms with Crippen LogP contribution in [-0.4, -0.2) is 22.8 Å². The van der Waals surface area contributed by atoms with E-state index in [4.69, 9.17) is 0 Å². The third kappa shape index (κ3) is 3.51. The van der Waals surface area contributed by atoms with E-state index in [2.05, 4.69) is 27.8 Å². The Labute approximate surface area is 115 Å². The number of nitrogens with zero attached hydrogens (tertiary/aromatic N) is 1. The van der Waals surface area contributed by atoms with Crippen molar-refractivity contribution in [2.45, 2.75) is 31.1 Å². The van der Waals surface area contributed by atoms with E-state index in [1.807, 2.05) is 0 Å². The van der Waals surface area contributed by atoms with Gasteiger partial charge >= 0.3 is 0 Å². The van der Waals surface area contributed by atoms with Crippen LogP contribution in [0.25, 0.3) is 0 Å². The Morgan fingerprint density at radius 1 is 1.33 bits per heavy atom. The number of hydrogen-bond donors (Lipinski definition) is 0. The van der Waals surface area contributed by atoms with Gasteiger partial charge in [-0.05, 0) is 37.9 Å². The van der Waals surface area contributed by atoms with Crippen LogP contribution >= 0.6 is 15.9 Å². The van der Waals surface area contributed by atoms with Gasteiger partial charge in [-0.25, -0.2) is 8.78 Å². The van der Waals surface area contributed by atoms with Gasteiger partial charge < -0.3 is 0 Å². The largest absolute Gasteiger partial charge is 0.299 e. The van der Waals surface area contributed by atoms with Crippen LogP contribution < -0.4 is 0 Å². The highest BCUT2D eigenvalue weighted by Gasteiger charge is 2.22. The van der Waals surface area contributed by atoms with Crippen molar-refractivity contribution in [3.63, 3.8) is 0 Å². The second-order valence-electron chi connectivity index (χ2n) is 5.03. The van der Waals surface area contributed by atoms with Crippen molar-refractivity contribution in [3.8, 4) is 0 Å². The van der Waals surface area contributed by atoms with Gasteiger partial charge in [0.1, 0.15) is 11.6 Å². The highest BCUT2D eigenvalue weighted by Crippen LogP contribution is 2.26. The summed E-state index contributed by atoms with van der Waals surface area (Å²) in [4.78, 5) is 2.78. The van der Waals surface area contributed by atoms with E-state index in [1.54, 1.807) is 6.07 Å². The summed E-state index contributed by atoms with van der Waals surface area (Å²) in [7, 11) is 0. The summed E-state index contributed by atoms with van der Waals surface area (Å²) in [6.07, 6.45) is 2.27. The van der Waals surface area contributed by atoms with Crippen LogP contribution in [0.15, 0.2) is 18.2 Å². The van der Waals surface area contributed by atoms with Crippen LogP contribution in [0.4, 0.5) is 8.78 Å². The Kier molecular flexibility index (Phi) is 4.73. The van der Waals surface area contributed by atoms with Gasteiger partial charge in [-0.2, -0.15) is 0 Å². The lowest BCUT2D eigenvalue weighted by molar-refractivity contribution is 0.176. The van der Waals surface area contributed by atoms with E-state index in [9.17, 15) is 8.78 Å². The lowest BCUT2D eigenvalue weighted by Gasteiger charge is -2.33. The molecule has 1 heterocycles. The molecule has 18 heavy (non-hydrogen) atoms. The number of piperidine rings is 1. The third-order valence-electron chi connectivity index (χ3n) is 3.69. The van der Waals surface area contributed by atoms with Gasteiger partial charge in [0.15, 0.2) is 0 Å². The molecule has 1 aliphatic heterocycles. The van der Waals surface area contributed by atoms with E-state index in [0.29, 0.717) is 22.9 Å². The Hall–Kier alpha value is -0.480. The average Bonchev–Trinajstić information content (AvgIpc) is 2.33. The predicted octanol–water partition coefficient (Wildman–Crippen LogP) is 3.96. The van der Waals surface area contributed by atoms with Gasteiger partial charge in [-0.3, -0.25) is 4.90 Å². The fraction of sp³-hybridized carbons (Fsp3) is 0.571. The molecule has 0 saturated carbocycles. The number of rotatable bonds is 3. The van der Waals surface area contributed by atoms with Gasteiger partial charge in [-0.15, -0.1) is 0 Å². The molecule has 0 radical (unpaired) electrons. The van der Waals surface area contributed by atoms with Crippen LogP contribution in [-0.2, 0) is 6.54 Å². The Balaban J connectivity index is 1.91. The standard InChI is InChI=1S/C14H18BrF2N/c1-10(15)11-4-6-18(7-5-11)9-12-2-3-13(16)8-14(12)17/h2-3,8,10-11H,4-7,9H2,1H3. The molecule has 1 aromatic carbocycles. The molecule has 0 spiro atoms. The second-order valence-corrected chi connectivity index (χ2v) is 6.47. The lowest BCUT2D eigenvalue weighted by atomic mass is 9.94. The zero-order chi connectivity index (χ0) is 13.1. The maximum absolute atomic E-state index is 13.5. The Morgan fingerprint density at radius 3 is 2.56 bits per heavy atom. The fourth-order valence-electron chi connectivity index (χ4n) is 2.46. The van der Waals surface area contributed by atoms with Crippen LogP contribution in [0.3, 0.4) is 0 Å². The Bertz CT molecular complexity index is 401. The van der Waals surface area contributed by atoms with Crippen molar-refractivity contribution in [2.75, 3.05) is 13.1 Å². The number of halogens is 3. The summed E-state index contributed by atoms with van der Waals surface area (Å²) >= 11 is 3.62. The molecular weight excluding hydrogens is 300 g/mol. The molecule has 0 bridgehead atoms. The summed E-state index contributed by atoms with van der Waals surface area (Å²) < 4.78 is 26.3. The average molecular weight is 318 g/mol. The minimum Gasteiger partial charge on any atom is -0.299 e. The normalized spacial score (nSPS) is 20.0. The topological polar surface area (TPSA) is 3.24 Å². The SMILES string of the molecule is CC(Br)C1CCN(Cc2ccc(F)cc2F)CC1. The molecule has 0 aromatic heterocycles. The molecule has 1 fully saturated rings. The molecule has 4 heteroatoms. The van der Waals surface area contributed by atoms with Crippen molar-refractivity contribution in [1.29, 1.82) is 0 Å².